The van der Waals surface area contributed by atoms with Crippen molar-refractivity contribution in [2.75, 3.05) is 30.5 Å². The number of benzene rings is 5. The van der Waals surface area contributed by atoms with Crippen LogP contribution in [0.3, 0.4) is 0 Å². The smallest absolute Gasteiger partial charge is 0.328 e. The van der Waals surface area contributed by atoms with Crippen molar-refractivity contribution in [3.05, 3.63) is 160 Å². The predicted molar refractivity (Wildman–Crippen MR) is 180 cm³/mol. The molecule has 5 rings (SSSR count). The van der Waals surface area contributed by atoms with E-state index in [2.05, 4.69) is 5.32 Å². The van der Waals surface area contributed by atoms with E-state index in [1.54, 1.807) is 48.5 Å². The number of rotatable bonds is 14. The van der Waals surface area contributed by atoms with Gasteiger partial charge in [0, 0.05) is 35.3 Å². The lowest BCUT2D eigenvalue weighted by atomic mass is 10.00. The van der Waals surface area contributed by atoms with Crippen molar-refractivity contribution in [2.24, 2.45) is 0 Å². The molecule has 0 radical (unpaired) electrons. The standard InChI is InChI=1S/C38H34ClFN2O4/c1-45-38(44)35(41-34-17-9-6-14-31(34)37(43)28-11-3-2-4-12-28)25-27-19-21-30(22-20-27)46-24-23-42(36-18-10-7-15-32(36)39)26-29-13-5-8-16-33(29)40/h2-22,35,41H,23-26H2,1H3/t35-/m0/s1. The lowest BCUT2D eigenvalue weighted by Gasteiger charge is -2.26. The summed E-state index contributed by atoms with van der Waals surface area (Å²) in [5.41, 5.74) is 3.80. The van der Waals surface area contributed by atoms with Gasteiger partial charge in [-0.25, -0.2) is 9.18 Å². The van der Waals surface area contributed by atoms with Gasteiger partial charge in [-0.15, -0.1) is 0 Å². The van der Waals surface area contributed by atoms with E-state index < -0.39 is 12.0 Å². The third-order valence-electron chi connectivity index (χ3n) is 7.53. The molecule has 0 unspecified atom stereocenters. The van der Waals surface area contributed by atoms with E-state index in [9.17, 15) is 14.0 Å². The molecular weight excluding hydrogens is 603 g/mol. The van der Waals surface area contributed by atoms with E-state index in [-0.39, 0.29) is 11.6 Å². The van der Waals surface area contributed by atoms with Crippen molar-refractivity contribution in [3.63, 3.8) is 0 Å². The number of methoxy groups -OCH3 is 1. The number of nitrogens with one attached hydrogen (secondary N) is 1. The number of carbonyl (C=O) groups is 2. The number of ether oxygens (including phenoxy) is 2. The van der Waals surface area contributed by atoms with Crippen molar-refractivity contribution in [2.45, 2.75) is 19.0 Å². The maximum absolute atomic E-state index is 14.5. The van der Waals surface area contributed by atoms with Crippen LogP contribution in [0.2, 0.25) is 5.02 Å². The van der Waals surface area contributed by atoms with Crippen molar-refractivity contribution in [1.82, 2.24) is 0 Å². The molecule has 8 heteroatoms. The number of para-hydroxylation sites is 2. The molecule has 0 aromatic heterocycles. The number of esters is 1. The number of hydrogen-bond donors (Lipinski definition) is 1. The Bertz CT molecular complexity index is 1760. The summed E-state index contributed by atoms with van der Waals surface area (Å²) in [6.45, 7) is 1.13. The molecular formula is C38H34ClFN2O4. The Balaban J connectivity index is 1.24. The lowest BCUT2D eigenvalue weighted by Crippen LogP contribution is -2.33. The quantitative estimate of drug-likeness (QED) is 0.0984. The van der Waals surface area contributed by atoms with Crippen LogP contribution < -0.4 is 15.0 Å². The number of carbonyl (C=O) groups excluding carboxylic acids is 2. The molecule has 5 aromatic carbocycles. The van der Waals surface area contributed by atoms with Gasteiger partial charge in [-0.05, 0) is 48.0 Å². The summed E-state index contributed by atoms with van der Waals surface area (Å²) in [4.78, 5) is 28.0. The van der Waals surface area contributed by atoms with Crippen LogP contribution >= 0.6 is 11.6 Å². The summed E-state index contributed by atoms with van der Waals surface area (Å²) in [6, 6.07) is 37.0. The maximum atomic E-state index is 14.5. The van der Waals surface area contributed by atoms with Crippen LogP contribution in [0.4, 0.5) is 15.8 Å². The molecule has 0 saturated carbocycles. The maximum Gasteiger partial charge on any atom is 0.328 e. The molecule has 0 bridgehead atoms. The van der Waals surface area contributed by atoms with Crippen LogP contribution in [0.15, 0.2) is 127 Å². The highest BCUT2D eigenvalue weighted by molar-refractivity contribution is 6.33. The van der Waals surface area contributed by atoms with Crippen LogP contribution in [-0.4, -0.2) is 38.1 Å². The Hall–Kier alpha value is -5.14. The zero-order chi connectivity index (χ0) is 32.3. The molecule has 0 aliphatic carbocycles. The van der Waals surface area contributed by atoms with Crippen LogP contribution in [-0.2, 0) is 22.5 Å². The highest BCUT2D eigenvalue weighted by Crippen LogP contribution is 2.27. The summed E-state index contributed by atoms with van der Waals surface area (Å²) in [6.07, 6.45) is 0.323. The first kappa shape index (κ1) is 32.3. The average Bonchev–Trinajstić information content (AvgIpc) is 3.09. The fourth-order valence-electron chi connectivity index (χ4n) is 5.13. The van der Waals surface area contributed by atoms with Crippen LogP contribution in [0.1, 0.15) is 27.0 Å². The molecule has 1 atom stereocenters. The Morgan fingerprint density at radius 1 is 0.826 bits per heavy atom. The minimum absolute atomic E-state index is 0.143. The van der Waals surface area contributed by atoms with Crippen LogP contribution in [0.5, 0.6) is 5.75 Å². The molecule has 46 heavy (non-hydrogen) atoms. The molecule has 5 aromatic rings. The fraction of sp³-hybridized carbons (Fsp3) is 0.158. The molecule has 234 valence electrons. The van der Waals surface area contributed by atoms with Gasteiger partial charge in [-0.1, -0.05) is 96.5 Å². The Labute approximate surface area is 273 Å². The second-order valence-electron chi connectivity index (χ2n) is 10.6. The number of hydrogen-bond acceptors (Lipinski definition) is 6. The van der Waals surface area contributed by atoms with Crippen molar-refractivity contribution in [3.8, 4) is 5.75 Å². The van der Waals surface area contributed by atoms with E-state index in [0.29, 0.717) is 59.3 Å². The molecule has 6 nitrogen and oxygen atoms in total. The number of nitrogens with zero attached hydrogens (tertiary/aromatic N) is 1. The third kappa shape index (κ3) is 8.31. The van der Waals surface area contributed by atoms with Gasteiger partial charge in [-0.3, -0.25) is 4.79 Å². The monoisotopic (exact) mass is 636 g/mol. The van der Waals surface area contributed by atoms with Crippen molar-refractivity contribution >= 4 is 34.7 Å². The Morgan fingerprint density at radius 3 is 2.24 bits per heavy atom. The first-order chi connectivity index (χ1) is 22.4. The van der Waals surface area contributed by atoms with Gasteiger partial charge in [0.1, 0.15) is 24.2 Å². The topological polar surface area (TPSA) is 67.9 Å². The van der Waals surface area contributed by atoms with E-state index in [1.165, 1.54) is 13.2 Å². The number of anilines is 2. The van der Waals surface area contributed by atoms with Gasteiger partial charge in [-0.2, -0.15) is 0 Å². The Kier molecular flexibility index (Phi) is 11.0. The lowest BCUT2D eigenvalue weighted by molar-refractivity contribution is -0.141. The molecule has 0 fully saturated rings. The second-order valence-corrected chi connectivity index (χ2v) is 11.0. The van der Waals surface area contributed by atoms with Gasteiger partial charge < -0.3 is 19.7 Å². The first-order valence-electron chi connectivity index (χ1n) is 14.9. The summed E-state index contributed by atoms with van der Waals surface area (Å²) in [7, 11) is 1.34. The summed E-state index contributed by atoms with van der Waals surface area (Å²) >= 11 is 6.48. The molecule has 0 aliphatic rings. The van der Waals surface area contributed by atoms with Crippen LogP contribution in [0, 0.1) is 5.82 Å². The zero-order valence-corrected chi connectivity index (χ0v) is 26.1. The molecule has 0 heterocycles. The number of ketones is 1. The highest BCUT2D eigenvalue weighted by atomic mass is 35.5. The normalized spacial score (nSPS) is 11.4. The summed E-state index contributed by atoms with van der Waals surface area (Å²) < 4.78 is 25.6. The minimum atomic E-state index is -0.732. The van der Waals surface area contributed by atoms with Gasteiger partial charge in [0.05, 0.1) is 24.4 Å². The van der Waals surface area contributed by atoms with Gasteiger partial charge in [0.25, 0.3) is 0 Å². The molecule has 1 N–H and O–H groups in total. The SMILES string of the molecule is COC(=O)[C@H](Cc1ccc(OCCN(Cc2ccccc2F)c2ccccc2Cl)cc1)Nc1ccccc1C(=O)c1ccccc1. The molecule has 0 amide bonds. The van der Waals surface area contributed by atoms with Crippen LogP contribution in [0.25, 0.3) is 0 Å². The molecule has 0 spiro atoms. The predicted octanol–water partition coefficient (Wildman–Crippen LogP) is 7.99. The summed E-state index contributed by atoms with van der Waals surface area (Å²) in [5.74, 6) is -0.218. The summed E-state index contributed by atoms with van der Waals surface area (Å²) in [5, 5.41) is 3.81. The van der Waals surface area contributed by atoms with Gasteiger partial charge >= 0.3 is 5.97 Å². The van der Waals surface area contributed by atoms with E-state index in [4.69, 9.17) is 21.1 Å². The van der Waals surface area contributed by atoms with E-state index in [1.807, 2.05) is 77.7 Å². The molecule has 0 aliphatic heterocycles. The van der Waals surface area contributed by atoms with E-state index >= 15 is 0 Å². The van der Waals surface area contributed by atoms with Gasteiger partial charge in [0.2, 0.25) is 0 Å². The van der Waals surface area contributed by atoms with Crippen molar-refractivity contribution < 1.29 is 23.5 Å². The largest absolute Gasteiger partial charge is 0.492 e. The first-order valence-corrected chi connectivity index (χ1v) is 15.3. The second kappa shape index (κ2) is 15.7. The Morgan fingerprint density at radius 2 is 1.50 bits per heavy atom. The highest BCUT2D eigenvalue weighted by Gasteiger charge is 2.23. The van der Waals surface area contributed by atoms with E-state index in [0.717, 1.165) is 11.3 Å². The third-order valence-corrected chi connectivity index (χ3v) is 7.85. The zero-order valence-electron chi connectivity index (χ0n) is 25.4. The fourth-order valence-corrected chi connectivity index (χ4v) is 5.39. The average molecular weight is 637 g/mol. The minimum Gasteiger partial charge on any atom is -0.492 e. The van der Waals surface area contributed by atoms with Crippen molar-refractivity contribution in [1.29, 1.82) is 0 Å². The number of halogens is 2. The van der Waals surface area contributed by atoms with Gasteiger partial charge in [0.15, 0.2) is 5.78 Å². The molecule has 0 saturated heterocycles.